The van der Waals surface area contributed by atoms with Gasteiger partial charge in [-0.25, -0.2) is 4.79 Å². The van der Waals surface area contributed by atoms with Crippen molar-refractivity contribution >= 4 is 12.1 Å². The Balaban J connectivity index is 2.72. The molecule has 2 atom stereocenters. The summed E-state index contributed by atoms with van der Waals surface area (Å²) in [5, 5.41) is 0. The van der Waals surface area contributed by atoms with E-state index in [-0.39, 0.29) is 18.1 Å². The average Bonchev–Trinajstić information content (AvgIpc) is 2.34. The van der Waals surface area contributed by atoms with Gasteiger partial charge >= 0.3 is 12.1 Å². The fraction of sp³-hybridized carbons (Fsp3) is 0.867. The van der Waals surface area contributed by atoms with Crippen LogP contribution in [-0.2, 0) is 14.3 Å². The van der Waals surface area contributed by atoms with E-state index in [0.29, 0.717) is 6.42 Å². The highest BCUT2D eigenvalue weighted by Crippen LogP contribution is 2.38. The Morgan fingerprint density at radius 1 is 1.30 bits per heavy atom. The van der Waals surface area contributed by atoms with Gasteiger partial charge in [-0.1, -0.05) is 6.42 Å². The first-order valence-corrected chi connectivity index (χ1v) is 7.13. The van der Waals surface area contributed by atoms with Crippen molar-refractivity contribution in [3.63, 3.8) is 0 Å². The van der Waals surface area contributed by atoms with E-state index in [4.69, 9.17) is 9.47 Å². The fourth-order valence-corrected chi connectivity index (χ4v) is 2.70. The van der Waals surface area contributed by atoms with Gasteiger partial charge < -0.3 is 14.4 Å². The average molecular weight is 285 g/mol. The first-order chi connectivity index (χ1) is 9.09. The molecule has 0 aromatic rings. The van der Waals surface area contributed by atoms with E-state index in [1.54, 1.807) is 11.9 Å². The second-order valence-corrected chi connectivity index (χ2v) is 6.89. The number of carbonyl (C=O) groups is 2. The molecule has 20 heavy (non-hydrogen) atoms. The molecule has 0 aromatic heterocycles. The molecule has 0 aromatic carbocycles. The molecule has 5 heteroatoms. The molecule has 0 spiro atoms. The van der Waals surface area contributed by atoms with Gasteiger partial charge in [0.05, 0.1) is 12.5 Å². The normalized spacial score (nSPS) is 26.8. The molecular formula is C15H27NO4. The van der Waals surface area contributed by atoms with Gasteiger partial charge in [0.2, 0.25) is 0 Å². The summed E-state index contributed by atoms with van der Waals surface area (Å²) in [6.45, 7) is 7.45. The van der Waals surface area contributed by atoms with Gasteiger partial charge in [0, 0.05) is 13.1 Å². The third-order valence-electron chi connectivity index (χ3n) is 3.86. The summed E-state index contributed by atoms with van der Waals surface area (Å²) < 4.78 is 10.3. The van der Waals surface area contributed by atoms with Crippen molar-refractivity contribution in [1.82, 2.24) is 4.90 Å². The number of rotatable bonds is 2. The Labute approximate surface area is 121 Å². The predicted molar refractivity (Wildman–Crippen MR) is 76.4 cm³/mol. The van der Waals surface area contributed by atoms with Crippen LogP contribution in [0.1, 0.15) is 53.4 Å². The maximum atomic E-state index is 12.1. The third kappa shape index (κ3) is 4.12. The van der Waals surface area contributed by atoms with Crippen molar-refractivity contribution in [3.8, 4) is 0 Å². The number of nitrogens with zero attached hydrogens (tertiary/aromatic N) is 1. The minimum Gasteiger partial charge on any atom is -0.469 e. The van der Waals surface area contributed by atoms with E-state index in [1.807, 2.05) is 27.7 Å². The largest absolute Gasteiger partial charge is 0.469 e. The van der Waals surface area contributed by atoms with Crippen molar-refractivity contribution < 1.29 is 19.1 Å². The van der Waals surface area contributed by atoms with Crippen molar-refractivity contribution in [2.45, 2.75) is 65.0 Å². The van der Waals surface area contributed by atoms with Crippen LogP contribution in [0.25, 0.3) is 0 Å². The highest BCUT2D eigenvalue weighted by molar-refractivity contribution is 5.76. The molecule has 1 aliphatic rings. The summed E-state index contributed by atoms with van der Waals surface area (Å²) >= 11 is 0. The molecule has 116 valence electrons. The van der Waals surface area contributed by atoms with Crippen molar-refractivity contribution in [2.75, 3.05) is 14.2 Å². The zero-order valence-corrected chi connectivity index (χ0v) is 13.5. The molecule has 0 aliphatic heterocycles. The quantitative estimate of drug-likeness (QED) is 0.732. The van der Waals surface area contributed by atoms with E-state index < -0.39 is 11.0 Å². The van der Waals surface area contributed by atoms with Gasteiger partial charge in [-0.3, -0.25) is 4.79 Å². The number of hydrogen-bond donors (Lipinski definition) is 0. The lowest BCUT2D eigenvalue weighted by molar-refractivity contribution is -0.154. The van der Waals surface area contributed by atoms with Crippen molar-refractivity contribution in [1.29, 1.82) is 0 Å². The van der Waals surface area contributed by atoms with E-state index in [0.717, 1.165) is 19.3 Å². The molecular weight excluding hydrogens is 258 g/mol. The van der Waals surface area contributed by atoms with Gasteiger partial charge in [0.25, 0.3) is 0 Å². The topological polar surface area (TPSA) is 55.8 Å². The smallest absolute Gasteiger partial charge is 0.410 e. The van der Waals surface area contributed by atoms with Gasteiger partial charge in [0.15, 0.2) is 0 Å². The Morgan fingerprint density at radius 2 is 1.90 bits per heavy atom. The molecule has 1 rings (SSSR count). The Kier molecular flexibility index (Phi) is 5.05. The van der Waals surface area contributed by atoms with Crippen molar-refractivity contribution in [3.05, 3.63) is 0 Å². The Bertz CT molecular complexity index is 375. The number of ether oxygens (including phenoxy) is 2. The minimum absolute atomic E-state index is 0.0164. The van der Waals surface area contributed by atoms with Crippen LogP contribution < -0.4 is 0 Å². The molecule has 0 saturated heterocycles. The van der Waals surface area contributed by atoms with Crippen LogP contribution in [0.2, 0.25) is 0 Å². The molecule has 1 fully saturated rings. The number of esters is 1. The first-order valence-electron chi connectivity index (χ1n) is 7.13. The highest BCUT2D eigenvalue weighted by Gasteiger charge is 2.42. The predicted octanol–water partition coefficient (Wildman–Crippen LogP) is 2.98. The second-order valence-electron chi connectivity index (χ2n) is 6.89. The molecule has 0 unspecified atom stereocenters. The summed E-state index contributed by atoms with van der Waals surface area (Å²) in [6, 6.07) is 0.0164. The second kappa shape index (κ2) is 6.02. The summed E-state index contributed by atoms with van der Waals surface area (Å²) in [5.74, 6) is -0.195. The molecule has 5 nitrogen and oxygen atoms in total. The molecule has 0 heterocycles. The maximum absolute atomic E-state index is 12.1. The lowest BCUT2D eigenvalue weighted by Crippen LogP contribution is -2.47. The fourth-order valence-electron chi connectivity index (χ4n) is 2.70. The number of amides is 1. The van der Waals surface area contributed by atoms with E-state index in [2.05, 4.69) is 0 Å². The summed E-state index contributed by atoms with van der Waals surface area (Å²) in [6.07, 6.45) is 2.89. The maximum Gasteiger partial charge on any atom is 0.410 e. The van der Waals surface area contributed by atoms with Crippen molar-refractivity contribution in [2.24, 2.45) is 5.41 Å². The Morgan fingerprint density at radius 3 is 2.40 bits per heavy atom. The SMILES string of the molecule is COC(=O)[C@@]1(C)CCC[C@@H](N(C)C(=O)OC(C)(C)C)C1. The van der Waals surface area contributed by atoms with Crippen LogP contribution in [0.4, 0.5) is 4.79 Å². The van der Waals surface area contributed by atoms with Gasteiger partial charge in [0.1, 0.15) is 5.60 Å². The number of carbonyl (C=O) groups excluding carboxylic acids is 2. The Hall–Kier alpha value is -1.26. The van der Waals surface area contributed by atoms with Crippen LogP contribution in [0, 0.1) is 5.41 Å². The highest BCUT2D eigenvalue weighted by atomic mass is 16.6. The zero-order chi connectivity index (χ0) is 15.6. The standard InChI is InChI=1S/C15H27NO4/c1-14(2,3)20-13(18)16(5)11-8-7-9-15(4,10-11)12(17)19-6/h11H,7-10H2,1-6H3/t11-,15+/m1/s1. The van der Waals surface area contributed by atoms with Crippen LogP contribution in [0.3, 0.4) is 0 Å². The van der Waals surface area contributed by atoms with E-state index >= 15 is 0 Å². The molecule has 0 N–H and O–H groups in total. The third-order valence-corrected chi connectivity index (χ3v) is 3.86. The summed E-state index contributed by atoms with van der Waals surface area (Å²) in [7, 11) is 3.15. The van der Waals surface area contributed by atoms with Gasteiger partial charge in [-0.2, -0.15) is 0 Å². The van der Waals surface area contributed by atoms with Crippen LogP contribution in [-0.4, -0.2) is 42.8 Å². The van der Waals surface area contributed by atoms with Crippen LogP contribution in [0.15, 0.2) is 0 Å². The number of methoxy groups -OCH3 is 1. The molecule has 0 radical (unpaired) electrons. The van der Waals surface area contributed by atoms with Gasteiger partial charge in [-0.05, 0) is 47.0 Å². The first kappa shape index (κ1) is 16.8. The van der Waals surface area contributed by atoms with Crippen LogP contribution >= 0.6 is 0 Å². The van der Waals surface area contributed by atoms with E-state index in [1.165, 1.54) is 7.11 Å². The molecule has 1 aliphatic carbocycles. The monoisotopic (exact) mass is 285 g/mol. The summed E-state index contributed by atoms with van der Waals surface area (Å²) in [5.41, 5.74) is -1.01. The molecule has 0 bridgehead atoms. The zero-order valence-electron chi connectivity index (χ0n) is 13.5. The molecule has 1 saturated carbocycles. The lowest BCUT2D eigenvalue weighted by atomic mass is 9.73. The molecule has 1 amide bonds. The summed E-state index contributed by atoms with van der Waals surface area (Å²) in [4.78, 5) is 25.6. The van der Waals surface area contributed by atoms with Gasteiger partial charge in [-0.15, -0.1) is 0 Å². The van der Waals surface area contributed by atoms with Crippen LogP contribution in [0.5, 0.6) is 0 Å². The van der Waals surface area contributed by atoms with E-state index in [9.17, 15) is 9.59 Å². The number of hydrogen-bond acceptors (Lipinski definition) is 4. The minimum atomic E-state index is -0.508. The lowest BCUT2D eigenvalue weighted by Gasteiger charge is -2.40.